The third-order valence-electron chi connectivity index (χ3n) is 4.42. The Morgan fingerprint density at radius 2 is 1.71 bits per heavy atom. The molecule has 0 aliphatic carbocycles. The molecule has 2 rings (SSSR count). The first-order valence-electron chi connectivity index (χ1n) is 8.79. The lowest BCUT2D eigenvalue weighted by Crippen LogP contribution is -2.40. The first-order valence-corrected chi connectivity index (χ1v) is 8.79. The molecule has 5 nitrogen and oxygen atoms in total. The van der Waals surface area contributed by atoms with Crippen molar-refractivity contribution in [1.82, 2.24) is 10.6 Å². The molecule has 1 saturated heterocycles. The van der Waals surface area contributed by atoms with E-state index in [-0.39, 0.29) is 5.91 Å². The van der Waals surface area contributed by atoms with Gasteiger partial charge in [-0.2, -0.15) is 0 Å². The van der Waals surface area contributed by atoms with Gasteiger partial charge in [0, 0.05) is 0 Å². The maximum Gasteiger partial charge on any atom is 0.322 e. The zero-order chi connectivity index (χ0) is 17.6. The second-order valence-electron chi connectivity index (χ2n) is 7.00. The van der Waals surface area contributed by atoms with Crippen molar-refractivity contribution >= 4 is 11.9 Å². The number of hydrogen-bond donors (Lipinski definition) is 2. The first-order chi connectivity index (χ1) is 11.4. The van der Waals surface area contributed by atoms with E-state index in [1.54, 1.807) is 6.92 Å². The Hall–Kier alpha value is -2.04. The number of rotatable bonds is 9. The van der Waals surface area contributed by atoms with Gasteiger partial charge in [-0.15, -0.1) is 0 Å². The van der Waals surface area contributed by atoms with Crippen LogP contribution in [0.1, 0.15) is 58.4 Å². The number of ether oxygens (including phenoxy) is 1. The highest BCUT2D eigenvalue weighted by atomic mass is 16.5. The van der Waals surface area contributed by atoms with Crippen LogP contribution in [-0.2, 0) is 10.3 Å². The third kappa shape index (κ3) is 4.73. The van der Waals surface area contributed by atoms with Crippen molar-refractivity contribution in [2.45, 2.75) is 58.4 Å². The van der Waals surface area contributed by atoms with Crippen LogP contribution in [0.5, 0.6) is 5.75 Å². The second kappa shape index (κ2) is 8.18. The van der Waals surface area contributed by atoms with E-state index in [1.165, 1.54) is 25.7 Å². The Morgan fingerprint density at radius 1 is 1.04 bits per heavy atom. The molecular formula is C19H28N2O3. The molecule has 3 amide bonds. The highest BCUT2D eigenvalue weighted by molar-refractivity contribution is 6.07. The monoisotopic (exact) mass is 332 g/mol. The number of benzene rings is 1. The molecule has 0 saturated carbocycles. The number of urea groups is 1. The molecule has 0 aromatic heterocycles. The van der Waals surface area contributed by atoms with Crippen LogP contribution in [0.25, 0.3) is 0 Å². The standard InChI is InChI=1S/C19H28N2O3/c1-14(2)8-6-4-5-7-13-24-16-11-9-15(10-12-16)19(3)17(22)20-18(23)21-19/h9-12,14H,4-8,13H2,1-3H3,(H2,20,21,22,23)/t19-/m1/s1. The molecule has 24 heavy (non-hydrogen) atoms. The lowest BCUT2D eigenvalue weighted by atomic mass is 9.92. The van der Waals surface area contributed by atoms with Crippen LogP contribution in [0.4, 0.5) is 4.79 Å². The lowest BCUT2D eigenvalue weighted by molar-refractivity contribution is -0.123. The third-order valence-corrected chi connectivity index (χ3v) is 4.42. The SMILES string of the molecule is CC(C)CCCCCCOc1ccc([C@@]2(C)NC(=O)NC2=O)cc1. The Balaban J connectivity index is 1.75. The molecule has 1 fully saturated rings. The molecule has 1 aromatic carbocycles. The van der Waals surface area contributed by atoms with Gasteiger partial charge in [-0.1, -0.05) is 51.7 Å². The van der Waals surface area contributed by atoms with Gasteiger partial charge in [-0.05, 0) is 37.0 Å². The van der Waals surface area contributed by atoms with Crippen molar-refractivity contribution in [3.05, 3.63) is 29.8 Å². The van der Waals surface area contributed by atoms with Crippen LogP contribution in [0, 0.1) is 5.92 Å². The number of hydrogen-bond acceptors (Lipinski definition) is 3. The fourth-order valence-electron chi connectivity index (χ4n) is 2.83. The Bertz CT molecular complexity index is 568. The average molecular weight is 332 g/mol. The summed E-state index contributed by atoms with van der Waals surface area (Å²) < 4.78 is 5.74. The fourth-order valence-corrected chi connectivity index (χ4v) is 2.83. The number of carbonyl (C=O) groups excluding carboxylic acids is 2. The summed E-state index contributed by atoms with van der Waals surface area (Å²) in [5, 5.41) is 4.92. The minimum Gasteiger partial charge on any atom is -0.494 e. The van der Waals surface area contributed by atoms with Crippen LogP contribution in [0.3, 0.4) is 0 Å². The number of amides is 3. The van der Waals surface area contributed by atoms with Crippen molar-refractivity contribution in [2.24, 2.45) is 5.92 Å². The van der Waals surface area contributed by atoms with Crippen molar-refractivity contribution in [3.63, 3.8) is 0 Å². The molecule has 2 N–H and O–H groups in total. The van der Waals surface area contributed by atoms with E-state index in [9.17, 15) is 9.59 Å². The molecular weight excluding hydrogens is 304 g/mol. The van der Waals surface area contributed by atoms with E-state index in [1.807, 2.05) is 24.3 Å². The molecule has 0 bridgehead atoms. The number of unbranched alkanes of at least 4 members (excludes halogenated alkanes) is 3. The molecule has 1 atom stereocenters. The summed E-state index contributed by atoms with van der Waals surface area (Å²) in [5.41, 5.74) is -0.265. The largest absolute Gasteiger partial charge is 0.494 e. The van der Waals surface area contributed by atoms with Crippen LogP contribution in [-0.4, -0.2) is 18.5 Å². The smallest absolute Gasteiger partial charge is 0.322 e. The average Bonchev–Trinajstić information content (AvgIpc) is 2.80. The van der Waals surface area contributed by atoms with Gasteiger partial charge in [0.1, 0.15) is 11.3 Å². The highest BCUT2D eigenvalue weighted by Crippen LogP contribution is 2.26. The summed E-state index contributed by atoms with van der Waals surface area (Å²) >= 11 is 0. The number of carbonyl (C=O) groups is 2. The minimum absolute atomic E-state index is 0.331. The summed E-state index contributed by atoms with van der Waals surface area (Å²) in [6.45, 7) is 6.91. The van der Waals surface area contributed by atoms with Gasteiger partial charge in [0.05, 0.1) is 6.61 Å². The summed E-state index contributed by atoms with van der Waals surface area (Å²) in [7, 11) is 0. The fraction of sp³-hybridized carbons (Fsp3) is 0.579. The maximum absolute atomic E-state index is 11.9. The molecule has 0 unspecified atom stereocenters. The molecule has 1 aromatic rings. The second-order valence-corrected chi connectivity index (χ2v) is 7.00. The molecule has 1 aliphatic rings. The van der Waals surface area contributed by atoms with E-state index in [0.29, 0.717) is 6.61 Å². The predicted octanol–water partition coefficient (Wildman–Crippen LogP) is 3.73. The lowest BCUT2D eigenvalue weighted by Gasteiger charge is -2.21. The summed E-state index contributed by atoms with van der Waals surface area (Å²) in [6.07, 6.45) is 6.09. The molecule has 5 heteroatoms. The number of nitrogens with one attached hydrogen (secondary N) is 2. The van der Waals surface area contributed by atoms with Crippen LogP contribution in [0.15, 0.2) is 24.3 Å². The van der Waals surface area contributed by atoms with Crippen molar-refractivity contribution in [1.29, 1.82) is 0 Å². The maximum atomic E-state index is 11.9. The van der Waals surface area contributed by atoms with Crippen LogP contribution < -0.4 is 15.4 Å². The summed E-state index contributed by atoms with van der Waals surface area (Å²) in [6, 6.07) is 6.88. The van der Waals surface area contributed by atoms with Crippen molar-refractivity contribution < 1.29 is 14.3 Å². The normalized spacial score (nSPS) is 20.2. The van der Waals surface area contributed by atoms with Crippen LogP contribution >= 0.6 is 0 Å². The Kier molecular flexibility index (Phi) is 6.23. The van der Waals surface area contributed by atoms with E-state index < -0.39 is 11.6 Å². The van der Waals surface area contributed by atoms with Gasteiger partial charge in [0.25, 0.3) is 5.91 Å². The molecule has 0 radical (unpaired) electrons. The van der Waals surface area contributed by atoms with Gasteiger partial charge in [-0.25, -0.2) is 4.79 Å². The van der Waals surface area contributed by atoms with Gasteiger partial charge in [0.2, 0.25) is 0 Å². The number of imide groups is 1. The van der Waals surface area contributed by atoms with E-state index in [4.69, 9.17) is 4.74 Å². The zero-order valence-electron chi connectivity index (χ0n) is 14.9. The Labute approximate surface area is 144 Å². The van der Waals surface area contributed by atoms with Gasteiger partial charge in [-0.3, -0.25) is 10.1 Å². The molecule has 1 aliphatic heterocycles. The molecule has 0 spiro atoms. The van der Waals surface area contributed by atoms with E-state index in [0.717, 1.165) is 23.7 Å². The van der Waals surface area contributed by atoms with Gasteiger partial charge < -0.3 is 10.1 Å². The predicted molar refractivity (Wildman–Crippen MR) is 93.9 cm³/mol. The topological polar surface area (TPSA) is 67.4 Å². The van der Waals surface area contributed by atoms with E-state index >= 15 is 0 Å². The van der Waals surface area contributed by atoms with Crippen molar-refractivity contribution in [3.8, 4) is 5.75 Å². The van der Waals surface area contributed by atoms with Crippen molar-refractivity contribution in [2.75, 3.05) is 6.61 Å². The first kappa shape index (κ1) is 18.3. The molecule has 1 heterocycles. The van der Waals surface area contributed by atoms with Crippen LogP contribution in [0.2, 0.25) is 0 Å². The van der Waals surface area contributed by atoms with E-state index in [2.05, 4.69) is 24.5 Å². The van der Waals surface area contributed by atoms with Gasteiger partial charge in [0.15, 0.2) is 0 Å². The highest BCUT2D eigenvalue weighted by Gasteiger charge is 2.43. The quantitative estimate of drug-likeness (QED) is 0.535. The zero-order valence-corrected chi connectivity index (χ0v) is 14.9. The minimum atomic E-state index is -1.01. The Morgan fingerprint density at radius 3 is 2.29 bits per heavy atom. The molecule has 132 valence electrons. The summed E-state index contributed by atoms with van der Waals surface area (Å²) in [5.74, 6) is 1.24. The summed E-state index contributed by atoms with van der Waals surface area (Å²) in [4.78, 5) is 23.2. The van der Waals surface area contributed by atoms with Gasteiger partial charge >= 0.3 is 6.03 Å².